The Bertz CT molecular complexity index is 882. The largest absolute Gasteiger partial charge is 0.353 e. The van der Waals surface area contributed by atoms with Crippen molar-refractivity contribution in [2.45, 2.75) is 0 Å². The van der Waals surface area contributed by atoms with E-state index in [1.165, 1.54) is 17.1 Å². The Labute approximate surface area is 111 Å². The van der Waals surface area contributed by atoms with Crippen LogP contribution in [0.15, 0.2) is 57.1 Å². The predicted octanol–water partition coefficient (Wildman–Crippen LogP) is -0.600. The van der Waals surface area contributed by atoms with Gasteiger partial charge in [-0.2, -0.15) is 0 Å². The molecule has 0 atom stereocenters. The fourth-order valence-corrected chi connectivity index (χ4v) is 1.87. The molecule has 0 aliphatic rings. The second-order valence-corrected chi connectivity index (χ2v) is 3.96. The van der Waals surface area contributed by atoms with E-state index in [4.69, 9.17) is 0 Å². The smallest absolute Gasteiger partial charge is 0.257 e. The van der Waals surface area contributed by atoms with E-state index in [1.807, 2.05) is 28.2 Å². The normalized spacial score (nSPS) is 10.6. The summed E-state index contributed by atoms with van der Waals surface area (Å²) < 4.78 is 2.03. The lowest BCUT2D eigenvalue weighted by atomic mass is 10.2. The Hall–Kier alpha value is -3.16. The molecule has 0 spiro atoms. The zero-order chi connectivity index (χ0) is 14.1. The van der Waals surface area contributed by atoms with Crippen LogP contribution >= 0.6 is 0 Å². The monoisotopic (exact) mass is 271 g/mol. The number of imidazole rings is 1. The fourth-order valence-electron chi connectivity index (χ4n) is 1.87. The van der Waals surface area contributed by atoms with Gasteiger partial charge in [0.25, 0.3) is 0 Å². The second-order valence-electron chi connectivity index (χ2n) is 3.96. The Morgan fingerprint density at radius 3 is 2.25 bits per heavy atom. The van der Waals surface area contributed by atoms with E-state index in [-0.39, 0.29) is 0 Å². The van der Waals surface area contributed by atoms with Gasteiger partial charge in [-0.15, -0.1) is 4.68 Å². The molecule has 0 amide bonds. The Balaban J connectivity index is 2.29. The fraction of sp³-hybridized carbons (Fsp3) is 0. The molecule has 0 saturated heterocycles. The van der Waals surface area contributed by atoms with Gasteiger partial charge in [0.1, 0.15) is 0 Å². The third-order valence-corrected chi connectivity index (χ3v) is 2.69. The minimum atomic E-state index is -0.849. The topological polar surface area (TPSA) is 106 Å². The minimum Gasteiger partial charge on any atom is -0.257 e. The van der Waals surface area contributed by atoms with Crippen molar-refractivity contribution < 1.29 is 0 Å². The Morgan fingerprint density at radius 1 is 0.950 bits per heavy atom. The molecule has 0 aliphatic carbocycles. The average molecular weight is 271 g/mol. The van der Waals surface area contributed by atoms with Crippen molar-refractivity contribution >= 4 is 0 Å². The summed E-state index contributed by atoms with van der Waals surface area (Å²) in [5.74, 6) is 0.408. The maximum absolute atomic E-state index is 11.8. The SMILES string of the molecule is O=c1[nH]c(=O)n(-n2ccnc2-c2ccccc2)c(=O)[nH]1. The van der Waals surface area contributed by atoms with Gasteiger partial charge in [0.15, 0.2) is 5.82 Å². The van der Waals surface area contributed by atoms with Gasteiger partial charge < -0.3 is 0 Å². The van der Waals surface area contributed by atoms with Crippen molar-refractivity contribution in [2.75, 3.05) is 0 Å². The van der Waals surface area contributed by atoms with E-state index in [2.05, 4.69) is 4.98 Å². The highest BCUT2D eigenvalue weighted by atomic mass is 16.2. The van der Waals surface area contributed by atoms with Crippen LogP contribution in [0.4, 0.5) is 0 Å². The van der Waals surface area contributed by atoms with Crippen molar-refractivity contribution in [2.24, 2.45) is 0 Å². The number of aromatic amines is 2. The van der Waals surface area contributed by atoms with Crippen LogP contribution < -0.4 is 17.1 Å². The van der Waals surface area contributed by atoms with E-state index in [0.29, 0.717) is 5.82 Å². The maximum atomic E-state index is 11.8. The molecule has 0 saturated carbocycles. The summed E-state index contributed by atoms with van der Waals surface area (Å²) in [6.45, 7) is 0. The van der Waals surface area contributed by atoms with Crippen LogP contribution in [0.5, 0.6) is 0 Å². The molecular weight excluding hydrogens is 262 g/mol. The van der Waals surface area contributed by atoms with Crippen molar-refractivity contribution in [3.63, 3.8) is 0 Å². The van der Waals surface area contributed by atoms with Crippen molar-refractivity contribution in [3.8, 4) is 11.4 Å². The first-order valence-electron chi connectivity index (χ1n) is 5.72. The lowest BCUT2D eigenvalue weighted by Crippen LogP contribution is -2.46. The molecule has 100 valence electrons. The highest BCUT2D eigenvalue weighted by molar-refractivity contribution is 5.55. The van der Waals surface area contributed by atoms with Gasteiger partial charge in [0.2, 0.25) is 0 Å². The molecule has 8 heteroatoms. The number of aromatic nitrogens is 5. The van der Waals surface area contributed by atoms with Crippen molar-refractivity contribution in [1.82, 2.24) is 24.3 Å². The van der Waals surface area contributed by atoms with Crippen LogP contribution in [-0.4, -0.2) is 24.3 Å². The van der Waals surface area contributed by atoms with Gasteiger partial charge in [-0.05, 0) is 0 Å². The van der Waals surface area contributed by atoms with E-state index < -0.39 is 17.1 Å². The van der Waals surface area contributed by atoms with Gasteiger partial charge in [0, 0.05) is 18.0 Å². The summed E-state index contributed by atoms with van der Waals surface area (Å²) in [6.07, 6.45) is 2.91. The maximum Gasteiger partial charge on any atom is 0.353 e. The van der Waals surface area contributed by atoms with Gasteiger partial charge in [0.05, 0.1) is 0 Å². The third kappa shape index (κ3) is 1.88. The minimum absolute atomic E-state index is 0.408. The summed E-state index contributed by atoms with van der Waals surface area (Å²) in [7, 11) is 0. The molecule has 0 fully saturated rings. The van der Waals surface area contributed by atoms with Crippen LogP contribution in [0, 0.1) is 0 Å². The first kappa shape index (κ1) is 11.9. The van der Waals surface area contributed by atoms with Gasteiger partial charge >= 0.3 is 17.1 Å². The zero-order valence-electron chi connectivity index (χ0n) is 10.1. The molecular formula is C12H9N5O3. The van der Waals surface area contributed by atoms with Crippen LogP contribution in [0.25, 0.3) is 11.4 Å². The number of nitrogens with zero attached hydrogens (tertiary/aromatic N) is 3. The number of hydrogen-bond acceptors (Lipinski definition) is 4. The van der Waals surface area contributed by atoms with Crippen LogP contribution in [0.2, 0.25) is 0 Å². The molecule has 2 aromatic heterocycles. The highest BCUT2D eigenvalue weighted by Gasteiger charge is 2.11. The van der Waals surface area contributed by atoms with Gasteiger partial charge in [-0.25, -0.2) is 24.0 Å². The first-order chi connectivity index (χ1) is 9.66. The standard InChI is InChI=1S/C12H9N5O3/c18-10-14-11(19)17(12(20)15-10)16-7-6-13-9(16)8-4-2-1-3-5-8/h1-7H,(H2,14,15,18,19,20). The number of nitrogens with one attached hydrogen (secondary N) is 2. The molecule has 0 bridgehead atoms. The molecule has 0 aliphatic heterocycles. The zero-order valence-corrected chi connectivity index (χ0v) is 10.1. The lowest BCUT2D eigenvalue weighted by Gasteiger charge is -2.08. The van der Waals surface area contributed by atoms with Crippen LogP contribution in [0.1, 0.15) is 0 Å². The van der Waals surface area contributed by atoms with E-state index in [1.54, 1.807) is 12.1 Å². The molecule has 20 heavy (non-hydrogen) atoms. The molecule has 8 nitrogen and oxygen atoms in total. The summed E-state index contributed by atoms with van der Waals surface area (Å²) in [5, 5.41) is 0. The van der Waals surface area contributed by atoms with Gasteiger partial charge in [-0.1, -0.05) is 30.3 Å². The van der Waals surface area contributed by atoms with Gasteiger partial charge in [-0.3, -0.25) is 9.97 Å². The number of rotatable bonds is 2. The highest BCUT2D eigenvalue weighted by Crippen LogP contribution is 2.15. The summed E-state index contributed by atoms with van der Waals surface area (Å²) in [4.78, 5) is 42.7. The van der Waals surface area contributed by atoms with Crippen LogP contribution in [-0.2, 0) is 0 Å². The average Bonchev–Trinajstić information content (AvgIpc) is 2.87. The quantitative estimate of drug-likeness (QED) is 0.649. The molecule has 0 radical (unpaired) electrons. The summed E-state index contributed by atoms with van der Waals surface area (Å²) in [5.41, 5.74) is -1.80. The second kappa shape index (κ2) is 4.50. The number of hydrogen-bond donors (Lipinski definition) is 2. The number of benzene rings is 1. The Kier molecular flexibility index (Phi) is 2.68. The van der Waals surface area contributed by atoms with Crippen LogP contribution in [0.3, 0.4) is 0 Å². The molecule has 3 aromatic rings. The third-order valence-electron chi connectivity index (χ3n) is 2.69. The molecule has 2 N–H and O–H groups in total. The molecule has 0 unspecified atom stereocenters. The number of H-pyrrole nitrogens is 2. The van der Waals surface area contributed by atoms with E-state index in [0.717, 1.165) is 10.2 Å². The molecule has 2 heterocycles. The van der Waals surface area contributed by atoms with E-state index >= 15 is 0 Å². The summed E-state index contributed by atoms with van der Waals surface area (Å²) >= 11 is 0. The lowest BCUT2D eigenvalue weighted by molar-refractivity contribution is 0.564. The van der Waals surface area contributed by atoms with Crippen molar-refractivity contribution in [3.05, 3.63) is 74.2 Å². The Morgan fingerprint density at radius 2 is 1.60 bits per heavy atom. The first-order valence-corrected chi connectivity index (χ1v) is 5.72. The predicted molar refractivity (Wildman–Crippen MR) is 70.4 cm³/mol. The molecule has 1 aromatic carbocycles. The molecule has 3 rings (SSSR count). The van der Waals surface area contributed by atoms with E-state index in [9.17, 15) is 14.4 Å². The van der Waals surface area contributed by atoms with Crippen molar-refractivity contribution in [1.29, 1.82) is 0 Å². The summed E-state index contributed by atoms with van der Waals surface area (Å²) in [6, 6.07) is 9.06.